The van der Waals surface area contributed by atoms with Gasteiger partial charge in [-0.1, -0.05) is 18.2 Å². The van der Waals surface area contributed by atoms with E-state index in [0.29, 0.717) is 11.1 Å². The van der Waals surface area contributed by atoms with Gasteiger partial charge in [-0.2, -0.15) is 0 Å². The van der Waals surface area contributed by atoms with E-state index in [4.69, 9.17) is 0 Å². The number of hydrogen-bond acceptors (Lipinski definition) is 5. The van der Waals surface area contributed by atoms with Crippen molar-refractivity contribution in [2.75, 3.05) is 38.0 Å². The average molecular weight is 355 g/mol. The predicted molar refractivity (Wildman–Crippen MR) is 98.9 cm³/mol. The fourth-order valence-corrected chi connectivity index (χ4v) is 4.70. The van der Waals surface area contributed by atoms with E-state index < -0.39 is 0 Å². The SMILES string of the molecule is O=C(Nc1cnccn1)N1CCN(CC2Cc3ccccc3S2)CC1. The summed E-state index contributed by atoms with van der Waals surface area (Å²) in [6.45, 7) is 4.41. The Balaban J connectivity index is 1.24. The first-order chi connectivity index (χ1) is 12.3. The van der Waals surface area contributed by atoms with Crippen molar-refractivity contribution >= 4 is 23.6 Å². The molecule has 2 aliphatic rings. The fourth-order valence-electron chi connectivity index (χ4n) is 3.33. The van der Waals surface area contributed by atoms with Crippen molar-refractivity contribution in [3.8, 4) is 0 Å². The molecular weight excluding hydrogens is 334 g/mol. The minimum Gasteiger partial charge on any atom is -0.322 e. The molecule has 2 amide bonds. The first kappa shape index (κ1) is 16.4. The monoisotopic (exact) mass is 355 g/mol. The van der Waals surface area contributed by atoms with E-state index in [1.165, 1.54) is 10.5 Å². The van der Waals surface area contributed by atoms with Crippen LogP contribution in [0.15, 0.2) is 47.8 Å². The summed E-state index contributed by atoms with van der Waals surface area (Å²) in [6, 6.07) is 8.59. The van der Waals surface area contributed by atoms with Crippen LogP contribution in [0.2, 0.25) is 0 Å². The Bertz CT molecular complexity index is 708. The molecule has 0 bridgehead atoms. The summed E-state index contributed by atoms with van der Waals surface area (Å²) >= 11 is 1.99. The van der Waals surface area contributed by atoms with Crippen LogP contribution in [-0.4, -0.2) is 63.8 Å². The van der Waals surface area contributed by atoms with Gasteiger partial charge >= 0.3 is 6.03 Å². The molecule has 1 atom stereocenters. The van der Waals surface area contributed by atoms with Crippen LogP contribution in [0.4, 0.5) is 10.6 Å². The fraction of sp³-hybridized carbons (Fsp3) is 0.389. The normalized spacial score (nSPS) is 20.3. The third kappa shape index (κ3) is 3.93. The van der Waals surface area contributed by atoms with Gasteiger partial charge < -0.3 is 4.90 Å². The zero-order valence-electron chi connectivity index (χ0n) is 14.0. The molecule has 1 unspecified atom stereocenters. The number of urea groups is 1. The summed E-state index contributed by atoms with van der Waals surface area (Å²) in [6.07, 6.45) is 5.87. The number of carbonyl (C=O) groups is 1. The number of rotatable bonds is 3. The molecule has 6 nitrogen and oxygen atoms in total. The van der Waals surface area contributed by atoms with Gasteiger partial charge in [-0.15, -0.1) is 11.8 Å². The van der Waals surface area contributed by atoms with E-state index in [9.17, 15) is 4.79 Å². The molecule has 1 aromatic carbocycles. The number of nitrogens with zero attached hydrogens (tertiary/aromatic N) is 4. The van der Waals surface area contributed by atoms with E-state index in [1.807, 2.05) is 16.7 Å². The lowest BCUT2D eigenvalue weighted by atomic mass is 10.1. The molecule has 3 heterocycles. The quantitative estimate of drug-likeness (QED) is 0.916. The second-order valence-corrected chi connectivity index (χ2v) is 7.70. The third-order valence-corrected chi connectivity index (χ3v) is 5.93. The molecule has 130 valence electrons. The summed E-state index contributed by atoms with van der Waals surface area (Å²) in [4.78, 5) is 26.1. The summed E-state index contributed by atoms with van der Waals surface area (Å²) in [5, 5.41) is 3.42. The highest BCUT2D eigenvalue weighted by molar-refractivity contribution is 8.00. The lowest BCUT2D eigenvalue weighted by Crippen LogP contribution is -2.51. The van der Waals surface area contributed by atoms with Crippen molar-refractivity contribution in [2.45, 2.75) is 16.6 Å². The first-order valence-electron chi connectivity index (χ1n) is 8.57. The molecule has 0 aliphatic carbocycles. The van der Waals surface area contributed by atoms with Crippen molar-refractivity contribution in [1.29, 1.82) is 0 Å². The highest BCUT2D eigenvalue weighted by Gasteiger charge is 2.27. The smallest absolute Gasteiger partial charge is 0.322 e. The van der Waals surface area contributed by atoms with E-state index >= 15 is 0 Å². The molecule has 1 fully saturated rings. The number of benzene rings is 1. The van der Waals surface area contributed by atoms with Gasteiger partial charge in [0.1, 0.15) is 0 Å². The maximum absolute atomic E-state index is 12.3. The molecule has 4 rings (SSSR count). The van der Waals surface area contributed by atoms with Crippen LogP contribution in [0.25, 0.3) is 0 Å². The lowest BCUT2D eigenvalue weighted by Gasteiger charge is -2.35. The maximum Gasteiger partial charge on any atom is 0.323 e. The van der Waals surface area contributed by atoms with Crippen molar-refractivity contribution in [2.24, 2.45) is 0 Å². The van der Waals surface area contributed by atoms with E-state index in [0.717, 1.165) is 39.1 Å². The van der Waals surface area contributed by atoms with E-state index in [1.54, 1.807) is 18.6 Å². The number of anilines is 1. The molecule has 2 aromatic rings. The molecule has 0 spiro atoms. The number of piperazine rings is 1. The number of fused-ring (bicyclic) bond motifs is 1. The standard InChI is InChI=1S/C18H21N5OS/c24-18(21-17-12-19-5-6-20-17)23-9-7-22(8-10-23)13-15-11-14-3-1-2-4-16(14)25-15/h1-6,12,15H,7-11,13H2,(H,20,21,24). The molecular formula is C18H21N5OS. The second kappa shape index (κ2) is 7.41. The molecule has 0 radical (unpaired) electrons. The predicted octanol–water partition coefficient (Wildman–Crippen LogP) is 2.34. The van der Waals surface area contributed by atoms with Gasteiger partial charge in [0.15, 0.2) is 5.82 Å². The van der Waals surface area contributed by atoms with Crippen LogP contribution in [0.5, 0.6) is 0 Å². The molecule has 1 aromatic heterocycles. The van der Waals surface area contributed by atoms with Crippen molar-refractivity contribution in [1.82, 2.24) is 19.8 Å². The second-order valence-electron chi connectivity index (χ2n) is 6.36. The Kier molecular flexibility index (Phi) is 4.85. The number of nitrogens with one attached hydrogen (secondary N) is 1. The summed E-state index contributed by atoms with van der Waals surface area (Å²) in [5.74, 6) is 0.495. The van der Waals surface area contributed by atoms with Gasteiger partial charge in [-0.25, -0.2) is 9.78 Å². The van der Waals surface area contributed by atoms with Crippen molar-refractivity contribution in [3.63, 3.8) is 0 Å². The number of aromatic nitrogens is 2. The van der Waals surface area contributed by atoms with Crippen molar-refractivity contribution in [3.05, 3.63) is 48.4 Å². The number of amides is 2. The summed E-state index contributed by atoms with van der Waals surface area (Å²) in [5.41, 5.74) is 1.47. The molecule has 2 aliphatic heterocycles. The van der Waals surface area contributed by atoms with Gasteiger partial charge in [0.2, 0.25) is 0 Å². The Labute approximate surface area is 151 Å². The Morgan fingerprint density at radius 3 is 2.80 bits per heavy atom. The van der Waals surface area contributed by atoms with Gasteiger partial charge in [-0.3, -0.25) is 15.2 Å². The molecule has 7 heteroatoms. The van der Waals surface area contributed by atoms with Crippen LogP contribution in [0.1, 0.15) is 5.56 Å². The number of thioether (sulfide) groups is 1. The zero-order valence-corrected chi connectivity index (χ0v) is 14.8. The van der Waals surface area contributed by atoms with Gasteiger partial charge in [0.25, 0.3) is 0 Å². The Morgan fingerprint density at radius 2 is 2.04 bits per heavy atom. The van der Waals surface area contributed by atoms with Crippen molar-refractivity contribution < 1.29 is 4.79 Å². The first-order valence-corrected chi connectivity index (χ1v) is 9.45. The van der Waals surface area contributed by atoms with Crippen LogP contribution >= 0.6 is 11.8 Å². The number of hydrogen-bond donors (Lipinski definition) is 1. The third-order valence-electron chi connectivity index (χ3n) is 4.63. The average Bonchev–Trinajstić information content (AvgIpc) is 3.05. The summed E-state index contributed by atoms with van der Waals surface area (Å²) < 4.78 is 0. The maximum atomic E-state index is 12.3. The highest BCUT2D eigenvalue weighted by atomic mass is 32.2. The van der Waals surface area contributed by atoms with Gasteiger partial charge in [0, 0.05) is 55.3 Å². The lowest BCUT2D eigenvalue weighted by molar-refractivity contribution is 0.147. The molecule has 0 saturated carbocycles. The zero-order chi connectivity index (χ0) is 17.1. The number of carbonyl (C=O) groups excluding carboxylic acids is 1. The molecule has 1 N–H and O–H groups in total. The molecule has 1 saturated heterocycles. The highest BCUT2D eigenvalue weighted by Crippen LogP contribution is 2.37. The van der Waals surface area contributed by atoms with Gasteiger partial charge in [0.05, 0.1) is 6.20 Å². The Morgan fingerprint density at radius 1 is 1.20 bits per heavy atom. The van der Waals surface area contributed by atoms with Gasteiger partial charge in [-0.05, 0) is 18.1 Å². The molecule has 25 heavy (non-hydrogen) atoms. The Hall–Kier alpha value is -2.12. The largest absolute Gasteiger partial charge is 0.323 e. The summed E-state index contributed by atoms with van der Waals surface area (Å²) in [7, 11) is 0. The minimum absolute atomic E-state index is 0.0946. The minimum atomic E-state index is -0.0946. The van der Waals surface area contributed by atoms with Crippen LogP contribution in [0.3, 0.4) is 0 Å². The van der Waals surface area contributed by atoms with E-state index in [-0.39, 0.29) is 6.03 Å². The van der Waals surface area contributed by atoms with Crippen LogP contribution < -0.4 is 5.32 Å². The van der Waals surface area contributed by atoms with Crippen LogP contribution in [-0.2, 0) is 6.42 Å². The van der Waals surface area contributed by atoms with Crippen LogP contribution in [0, 0.1) is 0 Å². The van der Waals surface area contributed by atoms with E-state index in [2.05, 4.69) is 44.5 Å². The topological polar surface area (TPSA) is 61.4 Å².